The van der Waals surface area contributed by atoms with Crippen molar-refractivity contribution in [2.75, 3.05) is 38.1 Å². The van der Waals surface area contributed by atoms with Gasteiger partial charge in [-0.05, 0) is 44.0 Å². The number of nitrogens with zero attached hydrogens (tertiary/aromatic N) is 4. The first-order chi connectivity index (χ1) is 13.0. The van der Waals surface area contributed by atoms with Crippen molar-refractivity contribution in [2.45, 2.75) is 50.6 Å². The van der Waals surface area contributed by atoms with Crippen molar-refractivity contribution in [3.8, 4) is 6.07 Å². The molecule has 0 bridgehead atoms. The molecule has 146 valence electrons. The van der Waals surface area contributed by atoms with Gasteiger partial charge in [-0.3, -0.25) is 9.69 Å². The Labute approximate surface area is 161 Å². The number of benzene rings is 1. The van der Waals surface area contributed by atoms with Crippen LogP contribution in [0.3, 0.4) is 0 Å². The fraction of sp³-hybridized carbons (Fsp3) is 0.619. The standard InChI is InChI=1S/C21H29FN4O/c1-17(20(27)24(2)21(16-23)10-4-3-5-11-21)25-12-14-26(15-13-25)19-8-6-18(22)7-9-19/h6-9,17H,3-5,10-15H2,1-2H3/t17-/m1/s1. The molecule has 0 unspecified atom stereocenters. The van der Waals surface area contributed by atoms with E-state index in [0.717, 1.165) is 64.0 Å². The Kier molecular flexibility index (Phi) is 6.01. The number of carbonyl (C=O) groups excluding carboxylic acids is 1. The van der Waals surface area contributed by atoms with Crippen LogP contribution in [0.1, 0.15) is 39.0 Å². The second-order valence-corrected chi connectivity index (χ2v) is 7.78. The van der Waals surface area contributed by atoms with Crippen LogP contribution in [0.15, 0.2) is 24.3 Å². The molecule has 3 rings (SSSR count). The maximum atomic E-state index is 13.1. The van der Waals surface area contributed by atoms with Crippen LogP contribution in [0.4, 0.5) is 10.1 Å². The first kappa shape index (κ1) is 19.6. The van der Waals surface area contributed by atoms with Crippen molar-refractivity contribution in [3.63, 3.8) is 0 Å². The highest BCUT2D eigenvalue weighted by atomic mass is 19.1. The summed E-state index contributed by atoms with van der Waals surface area (Å²) in [4.78, 5) is 19.2. The molecule has 0 radical (unpaired) electrons. The highest BCUT2D eigenvalue weighted by Gasteiger charge is 2.41. The Hall–Kier alpha value is -2.13. The van der Waals surface area contributed by atoms with Gasteiger partial charge in [0.1, 0.15) is 11.4 Å². The molecule has 5 nitrogen and oxygen atoms in total. The number of rotatable bonds is 4. The SMILES string of the molecule is C[C@H](C(=O)N(C)C1(C#N)CCCCC1)N1CCN(c2ccc(F)cc2)CC1. The van der Waals surface area contributed by atoms with Gasteiger partial charge >= 0.3 is 0 Å². The maximum Gasteiger partial charge on any atom is 0.240 e. The van der Waals surface area contributed by atoms with Gasteiger partial charge in [-0.1, -0.05) is 19.3 Å². The molecule has 1 amide bonds. The second-order valence-electron chi connectivity index (χ2n) is 7.78. The fourth-order valence-electron chi connectivity index (χ4n) is 4.33. The molecular formula is C21H29FN4O. The Morgan fingerprint density at radius 3 is 2.30 bits per heavy atom. The number of hydrogen-bond acceptors (Lipinski definition) is 4. The van der Waals surface area contributed by atoms with Crippen LogP contribution >= 0.6 is 0 Å². The topological polar surface area (TPSA) is 50.6 Å². The van der Waals surface area contributed by atoms with E-state index >= 15 is 0 Å². The minimum atomic E-state index is -0.639. The summed E-state index contributed by atoms with van der Waals surface area (Å²) in [6.45, 7) is 5.10. The zero-order valence-electron chi connectivity index (χ0n) is 16.3. The Morgan fingerprint density at radius 1 is 1.15 bits per heavy atom. The summed E-state index contributed by atoms with van der Waals surface area (Å²) in [5.41, 5.74) is 0.372. The summed E-state index contributed by atoms with van der Waals surface area (Å²) in [5.74, 6) is -0.192. The molecule has 1 saturated heterocycles. The molecule has 1 aromatic rings. The Balaban J connectivity index is 1.59. The van der Waals surface area contributed by atoms with Gasteiger partial charge in [0.2, 0.25) is 5.91 Å². The summed E-state index contributed by atoms with van der Waals surface area (Å²) in [7, 11) is 1.79. The van der Waals surface area contributed by atoms with Gasteiger partial charge in [-0.15, -0.1) is 0 Å². The smallest absolute Gasteiger partial charge is 0.240 e. The largest absolute Gasteiger partial charge is 0.369 e. The van der Waals surface area contributed by atoms with Gasteiger partial charge < -0.3 is 9.80 Å². The second kappa shape index (κ2) is 8.26. The lowest BCUT2D eigenvalue weighted by Gasteiger charge is -2.43. The monoisotopic (exact) mass is 372 g/mol. The molecule has 0 spiro atoms. The molecule has 1 aromatic carbocycles. The van der Waals surface area contributed by atoms with E-state index in [1.807, 2.05) is 6.92 Å². The minimum Gasteiger partial charge on any atom is -0.369 e. The molecule has 0 aromatic heterocycles. The highest BCUT2D eigenvalue weighted by molar-refractivity contribution is 5.82. The fourth-order valence-corrected chi connectivity index (χ4v) is 4.33. The van der Waals surface area contributed by atoms with Crippen LogP contribution < -0.4 is 4.90 Å². The van der Waals surface area contributed by atoms with Crippen LogP contribution in [0, 0.1) is 17.1 Å². The Morgan fingerprint density at radius 2 is 1.74 bits per heavy atom. The van der Waals surface area contributed by atoms with Gasteiger partial charge in [-0.25, -0.2) is 4.39 Å². The zero-order chi connectivity index (χ0) is 19.4. The third kappa shape index (κ3) is 4.08. The third-order valence-electron chi connectivity index (χ3n) is 6.27. The number of piperazine rings is 1. The average molecular weight is 372 g/mol. The van der Waals surface area contributed by atoms with Crippen LogP contribution in [-0.2, 0) is 4.79 Å². The molecule has 27 heavy (non-hydrogen) atoms. The minimum absolute atomic E-state index is 0.0358. The van der Waals surface area contributed by atoms with Gasteiger partial charge in [0.05, 0.1) is 12.1 Å². The lowest BCUT2D eigenvalue weighted by Crippen LogP contribution is -2.58. The van der Waals surface area contributed by atoms with E-state index < -0.39 is 5.54 Å². The number of amides is 1. The molecule has 6 heteroatoms. The number of carbonyl (C=O) groups is 1. The first-order valence-corrected chi connectivity index (χ1v) is 9.90. The van der Waals surface area contributed by atoms with Crippen molar-refractivity contribution >= 4 is 11.6 Å². The first-order valence-electron chi connectivity index (χ1n) is 9.90. The summed E-state index contributed by atoms with van der Waals surface area (Å²) in [6.07, 6.45) is 4.71. The van der Waals surface area contributed by atoms with Gasteiger partial charge in [0, 0.05) is 38.9 Å². The maximum absolute atomic E-state index is 13.1. The predicted molar refractivity (Wildman–Crippen MR) is 104 cm³/mol. The highest BCUT2D eigenvalue weighted by Crippen LogP contribution is 2.33. The summed E-state index contributed by atoms with van der Waals surface area (Å²) < 4.78 is 13.1. The molecule has 2 fully saturated rings. The number of anilines is 1. The van der Waals surface area contributed by atoms with E-state index in [-0.39, 0.29) is 17.8 Å². The predicted octanol–water partition coefficient (Wildman–Crippen LogP) is 3.02. The van der Waals surface area contributed by atoms with Gasteiger partial charge in [0.15, 0.2) is 0 Å². The van der Waals surface area contributed by atoms with E-state index in [9.17, 15) is 14.4 Å². The summed E-state index contributed by atoms with van der Waals surface area (Å²) in [5, 5.41) is 9.74. The van der Waals surface area contributed by atoms with E-state index in [1.165, 1.54) is 12.1 Å². The molecular weight excluding hydrogens is 343 g/mol. The van der Waals surface area contributed by atoms with Crippen LogP contribution in [0.25, 0.3) is 0 Å². The molecule has 1 aliphatic heterocycles. The normalized spacial score (nSPS) is 21.3. The van der Waals surface area contributed by atoms with Crippen LogP contribution in [-0.4, -0.2) is 60.5 Å². The van der Waals surface area contributed by atoms with E-state index in [4.69, 9.17) is 0 Å². The average Bonchev–Trinajstić information content (AvgIpc) is 2.73. The zero-order valence-corrected chi connectivity index (χ0v) is 16.3. The third-order valence-corrected chi connectivity index (χ3v) is 6.27. The molecule has 1 atom stereocenters. The van der Waals surface area contributed by atoms with E-state index in [0.29, 0.717) is 0 Å². The molecule has 0 N–H and O–H groups in total. The van der Waals surface area contributed by atoms with Crippen LogP contribution in [0.5, 0.6) is 0 Å². The van der Waals surface area contributed by atoms with Crippen molar-refractivity contribution in [1.82, 2.24) is 9.80 Å². The Bertz CT molecular complexity index is 685. The molecule has 1 heterocycles. The lowest BCUT2D eigenvalue weighted by atomic mass is 9.81. The molecule has 1 aliphatic carbocycles. The lowest BCUT2D eigenvalue weighted by molar-refractivity contribution is -0.140. The number of nitriles is 1. The number of hydrogen-bond donors (Lipinski definition) is 0. The summed E-state index contributed by atoms with van der Waals surface area (Å²) >= 11 is 0. The quantitative estimate of drug-likeness (QED) is 0.815. The summed E-state index contributed by atoms with van der Waals surface area (Å²) in [6, 6.07) is 8.76. The van der Waals surface area contributed by atoms with Crippen molar-refractivity contribution in [3.05, 3.63) is 30.1 Å². The van der Waals surface area contributed by atoms with Crippen molar-refractivity contribution in [1.29, 1.82) is 5.26 Å². The molecule has 2 aliphatic rings. The van der Waals surface area contributed by atoms with Crippen molar-refractivity contribution in [2.24, 2.45) is 0 Å². The van der Waals surface area contributed by atoms with Crippen molar-refractivity contribution < 1.29 is 9.18 Å². The van der Waals surface area contributed by atoms with E-state index in [1.54, 1.807) is 24.1 Å². The number of halogens is 1. The van der Waals surface area contributed by atoms with E-state index in [2.05, 4.69) is 15.9 Å². The van der Waals surface area contributed by atoms with Gasteiger partial charge in [0.25, 0.3) is 0 Å². The van der Waals surface area contributed by atoms with Gasteiger partial charge in [-0.2, -0.15) is 5.26 Å². The number of likely N-dealkylation sites (N-methyl/N-ethyl adjacent to an activating group) is 1. The molecule has 1 saturated carbocycles. The van der Waals surface area contributed by atoms with Crippen LogP contribution in [0.2, 0.25) is 0 Å².